The van der Waals surface area contributed by atoms with Crippen LogP contribution in [0.4, 0.5) is 0 Å². The van der Waals surface area contributed by atoms with E-state index >= 15 is 0 Å². The van der Waals surface area contributed by atoms with Gasteiger partial charge in [0, 0.05) is 12.8 Å². The predicted octanol–water partition coefficient (Wildman–Crippen LogP) is 13.2. The van der Waals surface area contributed by atoms with Crippen LogP contribution < -0.4 is 0 Å². The van der Waals surface area contributed by atoms with Crippen LogP contribution in [-0.4, -0.2) is 89.0 Å². The zero-order valence-electron chi connectivity index (χ0n) is 42.0. The zero-order valence-corrected chi connectivity index (χ0v) is 42.0. The molecule has 0 aromatic rings. The summed E-state index contributed by atoms with van der Waals surface area (Å²) in [6, 6.07) is 0. The van der Waals surface area contributed by atoms with Gasteiger partial charge in [0.2, 0.25) is 0 Å². The van der Waals surface area contributed by atoms with Gasteiger partial charge in [0.1, 0.15) is 31.0 Å². The molecule has 382 valence electrons. The van der Waals surface area contributed by atoms with Crippen molar-refractivity contribution in [3.05, 3.63) is 24.3 Å². The second-order valence-electron chi connectivity index (χ2n) is 19.0. The van der Waals surface area contributed by atoms with Crippen LogP contribution in [0.3, 0.4) is 0 Å². The highest BCUT2D eigenvalue weighted by Gasteiger charge is 2.44. The van der Waals surface area contributed by atoms with Crippen LogP contribution in [-0.2, 0) is 28.5 Å². The molecule has 0 aromatic heterocycles. The number of hydrogen-bond donors (Lipinski definition) is 4. The Hall–Kier alpha value is -1.82. The molecule has 10 heteroatoms. The number of esters is 2. The third-order valence-corrected chi connectivity index (χ3v) is 12.8. The van der Waals surface area contributed by atoms with Gasteiger partial charge < -0.3 is 39.4 Å². The minimum atomic E-state index is -1.59. The van der Waals surface area contributed by atoms with Crippen molar-refractivity contribution in [2.75, 3.05) is 19.8 Å². The summed E-state index contributed by atoms with van der Waals surface area (Å²) in [4.78, 5) is 25.5. The molecule has 0 bridgehead atoms. The van der Waals surface area contributed by atoms with Crippen LogP contribution in [0.2, 0.25) is 0 Å². The second kappa shape index (κ2) is 45.9. The van der Waals surface area contributed by atoms with Crippen molar-refractivity contribution in [1.82, 2.24) is 0 Å². The van der Waals surface area contributed by atoms with Gasteiger partial charge in [-0.1, -0.05) is 224 Å². The molecule has 1 heterocycles. The largest absolute Gasteiger partial charge is 0.462 e. The summed E-state index contributed by atoms with van der Waals surface area (Å²) < 4.78 is 22.3. The Balaban J connectivity index is 2.22. The van der Waals surface area contributed by atoms with Crippen molar-refractivity contribution in [2.45, 2.75) is 295 Å². The van der Waals surface area contributed by atoms with Crippen LogP contribution in [0.25, 0.3) is 0 Å². The van der Waals surface area contributed by atoms with Crippen molar-refractivity contribution in [1.29, 1.82) is 0 Å². The zero-order chi connectivity index (χ0) is 47.3. The first kappa shape index (κ1) is 61.2. The Labute approximate surface area is 398 Å². The lowest BCUT2D eigenvalue weighted by molar-refractivity contribution is -0.305. The van der Waals surface area contributed by atoms with Crippen molar-refractivity contribution < 1.29 is 49.0 Å². The first-order valence-corrected chi connectivity index (χ1v) is 27.4. The van der Waals surface area contributed by atoms with E-state index in [0.29, 0.717) is 6.42 Å². The molecule has 1 rings (SSSR count). The lowest BCUT2D eigenvalue weighted by Crippen LogP contribution is -2.59. The standard InChI is InChI=1S/C55H102O10/c1-3-5-7-9-11-13-15-17-19-21-23-24-25-26-28-29-31-33-35-37-39-41-43-50(57)62-46-48(47-63-55-54(61)53(60)52(59)49(45-56)65-55)64-51(58)44-42-40-38-36-34-32-30-27-22-20-18-16-14-12-10-8-6-4-2/h14,16,20,22,48-49,52-56,59-61H,3-13,15,17-19,21,23-47H2,1-2H3/b16-14-,22-20-. The van der Waals surface area contributed by atoms with E-state index in [1.807, 2.05) is 0 Å². The highest BCUT2D eigenvalue weighted by molar-refractivity contribution is 5.70. The van der Waals surface area contributed by atoms with E-state index in [-0.39, 0.29) is 32.0 Å². The summed E-state index contributed by atoms with van der Waals surface area (Å²) in [7, 11) is 0. The molecule has 6 unspecified atom stereocenters. The fraction of sp³-hybridized carbons (Fsp3) is 0.891. The van der Waals surface area contributed by atoms with Gasteiger partial charge in [-0.05, 0) is 44.9 Å². The monoisotopic (exact) mass is 923 g/mol. The number of rotatable bonds is 47. The van der Waals surface area contributed by atoms with Gasteiger partial charge in [0.25, 0.3) is 0 Å². The summed E-state index contributed by atoms with van der Waals surface area (Å²) in [5.74, 6) is -0.801. The maximum absolute atomic E-state index is 12.8. The van der Waals surface area contributed by atoms with Crippen LogP contribution in [0.5, 0.6) is 0 Å². The minimum absolute atomic E-state index is 0.216. The first-order valence-electron chi connectivity index (χ1n) is 27.4. The lowest BCUT2D eigenvalue weighted by Gasteiger charge is -2.39. The molecule has 0 aliphatic carbocycles. The Morgan fingerprint density at radius 3 is 1.29 bits per heavy atom. The minimum Gasteiger partial charge on any atom is -0.462 e. The lowest BCUT2D eigenvalue weighted by atomic mass is 9.99. The Bertz CT molecular complexity index is 1110. The summed E-state index contributed by atoms with van der Waals surface area (Å²) in [6.07, 6.45) is 46.2. The Morgan fingerprint density at radius 1 is 0.477 bits per heavy atom. The molecule has 4 N–H and O–H groups in total. The van der Waals surface area contributed by atoms with Gasteiger partial charge in [-0.2, -0.15) is 0 Å². The summed E-state index contributed by atoms with van der Waals surface area (Å²) in [5, 5.41) is 40.2. The number of hydrogen-bond acceptors (Lipinski definition) is 10. The smallest absolute Gasteiger partial charge is 0.306 e. The van der Waals surface area contributed by atoms with Crippen molar-refractivity contribution >= 4 is 11.9 Å². The van der Waals surface area contributed by atoms with E-state index in [1.165, 1.54) is 173 Å². The van der Waals surface area contributed by atoms with E-state index < -0.39 is 49.4 Å². The molecule has 0 spiro atoms. The van der Waals surface area contributed by atoms with Crippen LogP contribution >= 0.6 is 0 Å². The molecule has 0 saturated carbocycles. The maximum Gasteiger partial charge on any atom is 0.306 e. The topological polar surface area (TPSA) is 152 Å². The Morgan fingerprint density at radius 2 is 0.862 bits per heavy atom. The van der Waals surface area contributed by atoms with E-state index in [1.54, 1.807) is 0 Å². The highest BCUT2D eigenvalue weighted by atomic mass is 16.7. The summed E-state index contributed by atoms with van der Waals surface area (Å²) in [6.45, 7) is 3.45. The molecule has 10 nitrogen and oxygen atoms in total. The number of carbonyl (C=O) groups is 2. The SMILES string of the molecule is CCCCCC/C=C\C/C=C\CCCCCCCCCC(=O)OC(COC(=O)CCCCCCCCCCCCCCCCCCCCCCCC)COC1OC(CO)C(O)C(O)C1O. The molecule has 1 saturated heterocycles. The number of ether oxygens (including phenoxy) is 4. The summed E-state index contributed by atoms with van der Waals surface area (Å²) in [5.41, 5.74) is 0. The van der Waals surface area contributed by atoms with Gasteiger partial charge in [-0.15, -0.1) is 0 Å². The molecular weight excluding hydrogens is 821 g/mol. The second-order valence-corrected chi connectivity index (χ2v) is 19.0. The first-order chi connectivity index (χ1) is 31.8. The quantitative estimate of drug-likeness (QED) is 0.0264. The van der Waals surface area contributed by atoms with Crippen LogP contribution in [0.15, 0.2) is 24.3 Å². The molecular formula is C55H102O10. The fourth-order valence-electron chi connectivity index (χ4n) is 8.52. The number of allylic oxidation sites excluding steroid dienone is 4. The average molecular weight is 923 g/mol. The molecule has 1 fully saturated rings. The molecule has 0 radical (unpaired) electrons. The van der Waals surface area contributed by atoms with Gasteiger partial charge >= 0.3 is 11.9 Å². The average Bonchev–Trinajstić information content (AvgIpc) is 3.30. The molecule has 65 heavy (non-hydrogen) atoms. The van der Waals surface area contributed by atoms with Crippen molar-refractivity contribution in [2.24, 2.45) is 0 Å². The number of aliphatic hydroxyl groups excluding tert-OH is 4. The molecule has 6 atom stereocenters. The normalized spacial score (nSPS) is 19.4. The number of aliphatic hydroxyl groups is 4. The fourth-order valence-corrected chi connectivity index (χ4v) is 8.52. The van der Waals surface area contributed by atoms with Crippen LogP contribution in [0.1, 0.15) is 258 Å². The predicted molar refractivity (Wildman–Crippen MR) is 266 cm³/mol. The molecule has 1 aliphatic heterocycles. The van der Waals surface area contributed by atoms with Crippen molar-refractivity contribution in [3.63, 3.8) is 0 Å². The van der Waals surface area contributed by atoms with Crippen molar-refractivity contribution in [3.8, 4) is 0 Å². The highest BCUT2D eigenvalue weighted by Crippen LogP contribution is 2.23. The van der Waals surface area contributed by atoms with Gasteiger partial charge in [0.05, 0.1) is 13.2 Å². The number of carbonyl (C=O) groups excluding carboxylic acids is 2. The van der Waals surface area contributed by atoms with E-state index in [0.717, 1.165) is 51.4 Å². The molecule has 1 aliphatic rings. The van der Waals surface area contributed by atoms with Gasteiger partial charge in [0.15, 0.2) is 12.4 Å². The van der Waals surface area contributed by atoms with E-state index in [4.69, 9.17) is 18.9 Å². The molecule has 0 amide bonds. The number of unbranched alkanes of at least 4 members (excludes halogenated alkanes) is 32. The van der Waals surface area contributed by atoms with E-state index in [2.05, 4.69) is 38.2 Å². The van der Waals surface area contributed by atoms with E-state index in [9.17, 15) is 30.0 Å². The third kappa shape index (κ3) is 36.8. The summed E-state index contributed by atoms with van der Waals surface area (Å²) >= 11 is 0. The van der Waals surface area contributed by atoms with Gasteiger partial charge in [-0.3, -0.25) is 9.59 Å². The van der Waals surface area contributed by atoms with Crippen LogP contribution in [0, 0.1) is 0 Å². The molecule has 0 aromatic carbocycles. The maximum atomic E-state index is 12.8. The van der Waals surface area contributed by atoms with Gasteiger partial charge in [-0.25, -0.2) is 0 Å². The third-order valence-electron chi connectivity index (χ3n) is 12.8. The Kier molecular flexibility index (Phi) is 43.2.